The number of anilines is 1. The molecule has 0 spiro atoms. The first-order valence-corrected chi connectivity index (χ1v) is 8.75. The molecule has 0 radical (unpaired) electrons. The van der Waals surface area contributed by atoms with Gasteiger partial charge in [0.2, 0.25) is 0 Å². The molecule has 1 aromatic rings. The monoisotopic (exact) mass is 307 g/mol. The van der Waals surface area contributed by atoms with Gasteiger partial charge in [-0.3, -0.25) is 5.32 Å². The molecule has 1 aliphatic carbocycles. The van der Waals surface area contributed by atoms with E-state index in [9.17, 15) is 4.79 Å². The third kappa shape index (κ3) is 6.50. The van der Waals surface area contributed by atoms with Crippen molar-refractivity contribution in [3.63, 3.8) is 0 Å². The smallest absolute Gasteiger partial charge is 0.320 e. The number of rotatable bonds is 2. The fraction of sp³-hybridized carbons (Fsp3) is 0.765. The molecular weight excluding hydrogens is 278 g/mol. The average Bonchev–Trinajstić information content (AvgIpc) is 2.87. The van der Waals surface area contributed by atoms with E-state index >= 15 is 0 Å². The molecule has 1 aliphatic rings. The van der Waals surface area contributed by atoms with Crippen LogP contribution in [0.4, 0.5) is 10.6 Å². The molecule has 0 aromatic carbocycles. The van der Waals surface area contributed by atoms with Crippen molar-refractivity contribution in [2.24, 2.45) is 0 Å². The maximum atomic E-state index is 12.1. The van der Waals surface area contributed by atoms with Gasteiger partial charge in [0, 0.05) is 12.1 Å². The van der Waals surface area contributed by atoms with E-state index in [1.807, 2.05) is 6.92 Å². The second-order valence-electron chi connectivity index (χ2n) is 6.38. The lowest BCUT2D eigenvalue weighted by atomic mass is 9.98. The maximum absolute atomic E-state index is 12.1. The third-order valence-electron chi connectivity index (χ3n) is 4.31. The number of carbonyl (C=O) groups is 1. The SMILES string of the molecule is Cc1cc(NC(=O)NC2CCCCCCCCCCC2)no1. The van der Waals surface area contributed by atoms with Crippen LogP contribution in [0, 0.1) is 6.92 Å². The van der Waals surface area contributed by atoms with Crippen molar-refractivity contribution in [3.8, 4) is 0 Å². The number of hydrogen-bond donors (Lipinski definition) is 2. The lowest BCUT2D eigenvalue weighted by Gasteiger charge is -2.19. The minimum absolute atomic E-state index is 0.176. The van der Waals surface area contributed by atoms with Crippen molar-refractivity contribution in [2.75, 3.05) is 5.32 Å². The molecule has 1 aromatic heterocycles. The Morgan fingerprint density at radius 1 is 1.05 bits per heavy atom. The highest BCUT2D eigenvalue weighted by Crippen LogP contribution is 2.17. The highest BCUT2D eigenvalue weighted by molar-refractivity contribution is 5.88. The summed E-state index contributed by atoms with van der Waals surface area (Å²) < 4.78 is 4.96. The van der Waals surface area contributed by atoms with Crippen LogP contribution in [-0.4, -0.2) is 17.2 Å². The molecule has 1 fully saturated rings. The van der Waals surface area contributed by atoms with E-state index in [1.165, 1.54) is 57.8 Å². The molecule has 5 heteroatoms. The van der Waals surface area contributed by atoms with Gasteiger partial charge >= 0.3 is 6.03 Å². The van der Waals surface area contributed by atoms with E-state index in [0.717, 1.165) is 12.8 Å². The van der Waals surface area contributed by atoms with Gasteiger partial charge in [0.1, 0.15) is 5.76 Å². The van der Waals surface area contributed by atoms with E-state index in [-0.39, 0.29) is 12.1 Å². The van der Waals surface area contributed by atoms with Gasteiger partial charge in [0.15, 0.2) is 5.82 Å². The molecule has 2 amide bonds. The maximum Gasteiger partial charge on any atom is 0.320 e. The van der Waals surface area contributed by atoms with Crippen molar-refractivity contribution in [1.29, 1.82) is 0 Å². The normalized spacial score (nSPS) is 19.0. The topological polar surface area (TPSA) is 67.2 Å². The van der Waals surface area contributed by atoms with Crippen molar-refractivity contribution in [1.82, 2.24) is 10.5 Å². The molecule has 124 valence electrons. The molecule has 1 heterocycles. The Bertz CT molecular complexity index is 433. The van der Waals surface area contributed by atoms with E-state index in [1.54, 1.807) is 6.07 Å². The minimum atomic E-state index is -0.176. The summed E-state index contributed by atoms with van der Waals surface area (Å²) in [6.07, 6.45) is 13.9. The molecule has 0 aliphatic heterocycles. The summed E-state index contributed by atoms with van der Waals surface area (Å²) in [5.74, 6) is 1.17. The van der Waals surface area contributed by atoms with Crippen molar-refractivity contribution in [2.45, 2.75) is 83.6 Å². The predicted molar refractivity (Wildman–Crippen MR) is 88.0 cm³/mol. The molecule has 0 saturated heterocycles. The Hall–Kier alpha value is -1.52. The van der Waals surface area contributed by atoms with Gasteiger partial charge in [-0.1, -0.05) is 62.9 Å². The summed E-state index contributed by atoms with van der Waals surface area (Å²) in [5, 5.41) is 9.62. The summed E-state index contributed by atoms with van der Waals surface area (Å²) in [7, 11) is 0. The summed E-state index contributed by atoms with van der Waals surface area (Å²) in [4.78, 5) is 12.1. The molecule has 0 atom stereocenters. The zero-order valence-electron chi connectivity index (χ0n) is 13.7. The van der Waals surface area contributed by atoms with Gasteiger partial charge < -0.3 is 9.84 Å². The lowest BCUT2D eigenvalue weighted by Crippen LogP contribution is -2.38. The summed E-state index contributed by atoms with van der Waals surface area (Å²) in [5.41, 5.74) is 0. The summed E-state index contributed by atoms with van der Waals surface area (Å²) in [6.45, 7) is 1.81. The molecule has 0 unspecified atom stereocenters. The number of hydrogen-bond acceptors (Lipinski definition) is 3. The van der Waals surface area contributed by atoms with Crippen LogP contribution in [0.2, 0.25) is 0 Å². The van der Waals surface area contributed by atoms with Crippen molar-refractivity contribution in [3.05, 3.63) is 11.8 Å². The molecular formula is C17H29N3O2. The first-order valence-electron chi connectivity index (χ1n) is 8.75. The minimum Gasteiger partial charge on any atom is -0.360 e. The second kappa shape index (κ2) is 9.49. The number of aryl methyl sites for hydroxylation is 1. The van der Waals surface area contributed by atoms with Crippen LogP contribution in [0.25, 0.3) is 0 Å². The number of nitrogens with one attached hydrogen (secondary N) is 2. The Balaban J connectivity index is 1.77. The van der Waals surface area contributed by atoms with Crippen LogP contribution in [0.1, 0.15) is 76.4 Å². The van der Waals surface area contributed by atoms with Crippen LogP contribution < -0.4 is 10.6 Å². The molecule has 2 rings (SSSR count). The fourth-order valence-electron chi connectivity index (χ4n) is 3.07. The average molecular weight is 307 g/mol. The number of carbonyl (C=O) groups excluding carboxylic acids is 1. The number of nitrogens with zero attached hydrogens (tertiary/aromatic N) is 1. The van der Waals surface area contributed by atoms with Crippen LogP contribution in [0.5, 0.6) is 0 Å². The van der Waals surface area contributed by atoms with Crippen LogP contribution >= 0.6 is 0 Å². The third-order valence-corrected chi connectivity index (χ3v) is 4.31. The second-order valence-corrected chi connectivity index (χ2v) is 6.38. The van der Waals surface area contributed by atoms with Crippen molar-refractivity contribution >= 4 is 11.8 Å². The van der Waals surface area contributed by atoms with Gasteiger partial charge in [0.05, 0.1) is 0 Å². The van der Waals surface area contributed by atoms with E-state index < -0.39 is 0 Å². The van der Waals surface area contributed by atoms with Gasteiger partial charge in [-0.15, -0.1) is 0 Å². The van der Waals surface area contributed by atoms with Crippen molar-refractivity contribution < 1.29 is 9.32 Å². The number of urea groups is 1. The predicted octanol–water partition coefficient (Wildman–Crippen LogP) is 4.78. The van der Waals surface area contributed by atoms with E-state index in [2.05, 4.69) is 15.8 Å². The Labute approximate surface area is 133 Å². The first kappa shape index (κ1) is 16.8. The van der Waals surface area contributed by atoms with E-state index in [0.29, 0.717) is 11.6 Å². The molecule has 0 bridgehead atoms. The van der Waals surface area contributed by atoms with Crippen LogP contribution in [0.15, 0.2) is 10.6 Å². The largest absolute Gasteiger partial charge is 0.360 e. The standard InChI is InChI=1S/C17H29N3O2/c1-14-13-16(20-22-14)19-17(21)18-15-11-9-7-5-3-2-4-6-8-10-12-15/h13,15H,2-12H2,1H3,(H2,18,19,20,21). The summed E-state index contributed by atoms with van der Waals surface area (Å²) in [6, 6.07) is 1.82. The number of aromatic nitrogens is 1. The van der Waals surface area contributed by atoms with Gasteiger partial charge in [-0.25, -0.2) is 4.79 Å². The molecule has 22 heavy (non-hydrogen) atoms. The highest BCUT2D eigenvalue weighted by Gasteiger charge is 2.13. The first-order chi connectivity index (χ1) is 10.7. The Morgan fingerprint density at radius 2 is 1.59 bits per heavy atom. The summed E-state index contributed by atoms with van der Waals surface area (Å²) >= 11 is 0. The van der Waals surface area contributed by atoms with E-state index in [4.69, 9.17) is 4.52 Å². The lowest BCUT2D eigenvalue weighted by molar-refractivity contribution is 0.245. The Morgan fingerprint density at radius 3 is 2.09 bits per heavy atom. The van der Waals surface area contributed by atoms with Gasteiger partial charge in [-0.2, -0.15) is 0 Å². The van der Waals surface area contributed by atoms with Crippen LogP contribution in [-0.2, 0) is 0 Å². The molecule has 1 saturated carbocycles. The fourth-order valence-corrected chi connectivity index (χ4v) is 3.07. The highest BCUT2D eigenvalue weighted by atomic mass is 16.5. The van der Waals surface area contributed by atoms with Gasteiger partial charge in [-0.05, 0) is 19.8 Å². The quantitative estimate of drug-likeness (QED) is 0.826. The zero-order valence-corrected chi connectivity index (χ0v) is 13.7. The number of amides is 2. The molecule has 5 nitrogen and oxygen atoms in total. The molecule has 2 N–H and O–H groups in total. The van der Waals surface area contributed by atoms with Gasteiger partial charge in [0.25, 0.3) is 0 Å². The van der Waals surface area contributed by atoms with Crippen LogP contribution in [0.3, 0.4) is 0 Å². The zero-order chi connectivity index (χ0) is 15.6. The Kier molecular flexibility index (Phi) is 7.26.